The minimum absolute atomic E-state index is 0. The lowest BCUT2D eigenvalue weighted by atomic mass is 9.85. The molecule has 110 heavy (non-hydrogen) atoms. The summed E-state index contributed by atoms with van der Waals surface area (Å²) in [7, 11) is 0. The van der Waals surface area contributed by atoms with Gasteiger partial charge in [0.15, 0.2) is 5.60 Å². The molecule has 0 bridgehead atoms. The minimum Gasteiger partial charge on any atom is -0.480 e. The fraction of sp³-hybridized carbons (Fsp3) is 0.556. The highest BCUT2D eigenvalue weighted by atomic mass is 16.6. The van der Waals surface area contributed by atoms with E-state index in [0.717, 1.165) is 77.3 Å². The lowest BCUT2D eigenvalue weighted by Crippen LogP contribution is -2.49. The van der Waals surface area contributed by atoms with Crippen molar-refractivity contribution in [3.63, 3.8) is 0 Å². The van der Waals surface area contributed by atoms with Gasteiger partial charge in [0.2, 0.25) is 5.60 Å². The average molecular weight is 1520 g/mol. The minimum atomic E-state index is -1.91. The van der Waals surface area contributed by atoms with Gasteiger partial charge in [-0.25, -0.2) is 38.7 Å². The maximum Gasteiger partial charge on any atom is 0.415 e. The van der Waals surface area contributed by atoms with Crippen LogP contribution in [-0.2, 0) is 93.2 Å². The van der Waals surface area contributed by atoms with Crippen LogP contribution < -0.4 is 31.2 Å². The molecular weight excluding hydrogens is 1420 g/mol. The largest absolute Gasteiger partial charge is 0.480 e. The molecule has 0 radical (unpaired) electrons. The summed E-state index contributed by atoms with van der Waals surface area (Å²) in [6.45, 7) is 24.1. The number of carbonyl (C=O) groups is 8. The Morgan fingerprint density at radius 2 is 0.964 bits per heavy atom. The first-order valence-corrected chi connectivity index (χ1v) is 38.3. The van der Waals surface area contributed by atoms with E-state index in [0.29, 0.717) is 109 Å². The number of aliphatic hydroxyl groups is 1. The maximum absolute atomic E-state index is 14.1. The predicted octanol–water partition coefficient (Wildman–Crippen LogP) is 10.5. The summed E-state index contributed by atoms with van der Waals surface area (Å²) in [5.41, 5.74) is 2.71. The number of aliphatic carboxylic acids is 1. The van der Waals surface area contributed by atoms with Crippen molar-refractivity contribution in [1.82, 2.24) is 49.3 Å². The molecule has 0 spiro atoms. The van der Waals surface area contributed by atoms with Crippen LogP contribution >= 0.6 is 0 Å². The van der Waals surface area contributed by atoms with Gasteiger partial charge in [-0.3, -0.25) is 19.2 Å². The lowest BCUT2D eigenvalue weighted by molar-refractivity contribution is -0.188. The second kappa shape index (κ2) is 33.3. The van der Waals surface area contributed by atoms with Gasteiger partial charge in [-0.15, -0.1) is 0 Å². The van der Waals surface area contributed by atoms with E-state index in [1.807, 2.05) is 36.1 Å². The van der Waals surface area contributed by atoms with Crippen molar-refractivity contribution in [2.75, 3.05) is 65.4 Å². The number of hydrogen-bond donors (Lipinski definition) is 4. The number of carboxylic acids is 1. The molecular formula is C81H104N10O19. The van der Waals surface area contributed by atoms with Crippen molar-refractivity contribution < 1.29 is 81.7 Å². The number of alkyl carbamates (subject to hydrolysis) is 2. The van der Waals surface area contributed by atoms with Gasteiger partial charge in [-0.1, -0.05) is 48.0 Å². The van der Waals surface area contributed by atoms with Crippen LogP contribution in [0.25, 0.3) is 44.6 Å². The summed E-state index contributed by atoms with van der Waals surface area (Å²) in [5.74, 6) is -2.64. The van der Waals surface area contributed by atoms with E-state index in [4.69, 9.17) is 48.2 Å². The highest BCUT2D eigenvalue weighted by molar-refractivity contribution is 5.93. The van der Waals surface area contributed by atoms with Crippen molar-refractivity contribution in [1.29, 1.82) is 0 Å². The zero-order valence-corrected chi connectivity index (χ0v) is 64.0. The topological polar surface area (TPSA) is 348 Å². The van der Waals surface area contributed by atoms with Crippen molar-refractivity contribution in [3.8, 4) is 34.3 Å². The van der Waals surface area contributed by atoms with E-state index in [2.05, 4.69) is 27.4 Å². The predicted molar refractivity (Wildman–Crippen MR) is 407 cm³/mol. The molecule has 2 aromatic carbocycles. The number of nitrogens with zero attached hydrogens (tertiary/aromatic N) is 8. The van der Waals surface area contributed by atoms with E-state index in [1.165, 1.54) is 51.6 Å². The molecule has 4 aromatic heterocycles. The maximum atomic E-state index is 14.1. The van der Waals surface area contributed by atoms with E-state index in [9.17, 15) is 53.1 Å². The number of ether oxygens (including phenoxy) is 7. The van der Waals surface area contributed by atoms with Crippen molar-refractivity contribution >= 4 is 70.1 Å². The quantitative estimate of drug-likeness (QED) is 0.0615. The standard InChI is InChI=1S/C40H49N5O9.C33H38N4O6.C7H13NO4.CH4/c1-6-26-27-19-25(52-38(50)44-17-13-24(14-18-44)43-15-9-8-10-16-43)11-12-31(27)42-34-28(26)22-45-32(34)20-30-29(35(45)47)23-51-36(48)40(30,7-2)53-33(46)21-41-37(49)54-39(3,4)5;1-3-22-23-16-21(43-32(40)36-14-10-20(11-15-36)35-12-6-5-7-13-35)8-9-27(23)34-29-24(22)18-37-28(29)17-26-25(30(37)38)19-42-31(39)33(26,41)4-2;1-7(2,3)12-6(11)8-4-5(9)10;/h11-12,19-20,24H,6-10,13-18,21-23H2,1-5H3,(H,41,49);8-9,16-17,20,41H,3-7,10-15,18-19H2,1-2H3;4H2,1-3H3,(H,8,11)(H,9,10);1H4. The Labute approximate surface area is 639 Å². The van der Waals surface area contributed by atoms with E-state index >= 15 is 0 Å². The number of hydrogen-bond acceptors (Lipinski definition) is 22. The summed E-state index contributed by atoms with van der Waals surface area (Å²) in [4.78, 5) is 145. The lowest BCUT2D eigenvalue weighted by Gasteiger charge is -2.39. The highest BCUT2D eigenvalue weighted by Crippen LogP contribution is 2.45. The van der Waals surface area contributed by atoms with Gasteiger partial charge in [0.05, 0.1) is 58.0 Å². The number of cyclic esters (lactones) is 2. The molecule has 0 saturated carbocycles. The zero-order valence-electron chi connectivity index (χ0n) is 64.0. The highest BCUT2D eigenvalue weighted by Gasteiger charge is 2.51. The van der Waals surface area contributed by atoms with Gasteiger partial charge in [0, 0.05) is 71.3 Å². The van der Waals surface area contributed by atoms with E-state index < -0.39 is 71.6 Å². The number of aryl methyl sites for hydroxylation is 2. The van der Waals surface area contributed by atoms with Gasteiger partial charge in [-0.2, -0.15) is 0 Å². The van der Waals surface area contributed by atoms with E-state index in [1.54, 1.807) is 93.7 Å². The number of amides is 4. The molecule has 4 saturated heterocycles. The molecule has 592 valence electrons. The number of rotatable bonds is 13. The molecule has 14 rings (SSSR count). The second-order valence-corrected chi connectivity index (χ2v) is 31.0. The van der Waals surface area contributed by atoms with Crippen molar-refractivity contribution in [3.05, 3.63) is 114 Å². The first-order chi connectivity index (χ1) is 51.9. The third-order valence-corrected chi connectivity index (χ3v) is 21.7. The van der Waals surface area contributed by atoms with Crippen LogP contribution in [0.2, 0.25) is 0 Å². The molecule has 2 atom stereocenters. The monoisotopic (exact) mass is 1520 g/mol. The fourth-order valence-electron chi connectivity index (χ4n) is 16.2. The molecule has 6 aromatic rings. The van der Waals surface area contributed by atoms with Crippen molar-refractivity contribution in [2.24, 2.45) is 0 Å². The first kappa shape index (κ1) is 81.0. The SMILES string of the molecule is C.CC(C)(C)OC(=O)NCC(=O)O.CCc1c2c(nc3ccc(OC(=O)N4CCC(N5CCCCC5)CC4)cc13)-c1cc3c(c(=O)n1C2)COC(=O)C3(CC)OC(=O)CNC(=O)OC(C)(C)C.CCc1c2c(nc3ccc(OC(=O)N4CCC(N5CCCCC5)CC4)cc13)-c1cc3c(c(=O)n1C2)COC(=O)C3(O)CC. The molecule has 4 fully saturated rings. The molecule has 12 heterocycles. The molecule has 29 nitrogen and oxygen atoms in total. The Kier molecular flexibility index (Phi) is 24.5. The fourth-order valence-corrected chi connectivity index (χ4v) is 16.2. The number of aromatic nitrogens is 4. The van der Waals surface area contributed by atoms with Crippen LogP contribution in [0, 0.1) is 0 Å². The van der Waals surface area contributed by atoms with Crippen LogP contribution in [0.3, 0.4) is 0 Å². The number of nitrogens with one attached hydrogen (secondary N) is 2. The summed E-state index contributed by atoms with van der Waals surface area (Å²) >= 11 is 0. The number of carbonyl (C=O) groups excluding carboxylic acids is 7. The molecule has 8 aliphatic rings. The average Bonchev–Trinajstić information content (AvgIpc) is 1.54. The first-order valence-electron chi connectivity index (χ1n) is 38.3. The van der Waals surface area contributed by atoms with Gasteiger partial charge in [-0.05, 0) is 204 Å². The van der Waals surface area contributed by atoms with Gasteiger partial charge >= 0.3 is 48.3 Å². The third-order valence-electron chi connectivity index (χ3n) is 21.7. The zero-order chi connectivity index (χ0) is 78.0. The number of likely N-dealkylation sites (tertiary alicyclic amines) is 4. The van der Waals surface area contributed by atoms with Crippen LogP contribution in [-0.4, -0.2) is 186 Å². The Morgan fingerprint density at radius 1 is 0.545 bits per heavy atom. The Bertz CT molecular complexity index is 4680. The number of fused-ring (bicyclic) bond motifs is 10. The van der Waals surface area contributed by atoms with Crippen LogP contribution in [0.5, 0.6) is 11.5 Å². The summed E-state index contributed by atoms with van der Waals surface area (Å²) in [6.07, 6.45) is 10.7. The van der Waals surface area contributed by atoms with Gasteiger partial charge < -0.3 is 82.7 Å². The summed E-state index contributed by atoms with van der Waals surface area (Å²) in [5, 5.41) is 25.5. The van der Waals surface area contributed by atoms with Crippen LogP contribution in [0.15, 0.2) is 58.1 Å². The third kappa shape index (κ3) is 17.0. The number of piperidine rings is 4. The number of pyridine rings is 4. The summed E-state index contributed by atoms with van der Waals surface area (Å²) in [6, 6.07) is 15.4. The molecule has 2 unspecified atom stereocenters. The molecule has 0 aliphatic carbocycles. The van der Waals surface area contributed by atoms with Gasteiger partial charge in [0.25, 0.3) is 11.1 Å². The van der Waals surface area contributed by atoms with Crippen molar-refractivity contribution in [2.45, 2.75) is 227 Å². The molecule has 4 N–H and O–H groups in total. The normalized spacial score (nSPS) is 19.7. The number of benzene rings is 2. The second-order valence-electron chi connectivity index (χ2n) is 31.0. The van der Waals surface area contributed by atoms with Gasteiger partial charge in [0.1, 0.15) is 49.0 Å². The Morgan fingerprint density at radius 3 is 1.37 bits per heavy atom. The Balaban J connectivity index is 0.000000192. The number of esters is 3. The number of carboxylic acid groups (broad SMARTS) is 1. The molecule has 8 aliphatic heterocycles. The van der Waals surface area contributed by atoms with Crippen LogP contribution in [0.1, 0.15) is 198 Å². The smallest absolute Gasteiger partial charge is 0.415 e. The molecule has 4 amide bonds. The molecule has 29 heteroatoms. The van der Waals surface area contributed by atoms with E-state index in [-0.39, 0.29) is 74.5 Å². The summed E-state index contributed by atoms with van der Waals surface area (Å²) < 4.78 is 41.4. The Hall–Kier alpha value is -10.0. The van der Waals surface area contributed by atoms with Crippen LogP contribution in [0.4, 0.5) is 19.2 Å².